The lowest BCUT2D eigenvalue weighted by atomic mass is 9.98. The van der Waals surface area contributed by atoms with Crippen LogP contribution >= 0.6 is 12.6 Å². The van der Waals surface area contributed by atoms with Gasteiger partial charge in [0.1, 0.15) is 54.4 Å². The molecule has 11 atom stereocenters. The van der Waals surface area contributed by atoms with Gasteiger partial charge in [-0.1, -0.05) is 87.0 Å². The van der Waals surface area contributed by atoms with Crippen LogP contribution in [0.4, 0.5) is 0 Å². The summed E-state index contributed by atoms with van der Waals surface area (Å²) in [5.74, 6) is -12.4. The number of H-pyrrole nitrogens is 2. The van der Waals surface area contributed by atoms with Crippen molar-refractivity contribution in [3.63, 3.8) is 0 Å². The molecule has 0 unspecified atom stereocenters. The Kier molecular flexibility index (Phi) is 27.5. The number of fused-ring (bicyclic) bond motifs is 2. The second kappa shape index (κ2) is 34.8. The summed E-state index contributed by atoms with van der Waals surface area (Å²) in [5.41, 5.74) is 20.0. The summed E-state index contributed by atoms with van der Waals surface area (Å²) in [4.78, 5) is 179. The average Bonchev–Trinajstić information content (AvgIpc) is 1.81. The number of carboxylic acids is 1. The molecule has 5 rings (SSSR count). The van der Waals surface area contributed by atoms with Gasteiger partial charge in [0.2, 0.25) is 70.9 Å². The first-order valence-electron chi connectivity index (χ1n) is 29.5. The fraction of sp³-hybridized carbons (Fsp3) is 0.426. The van der Waals surface area contributed by atoms with Crippen molar-refractivity contribution in [1.29, 1.82) is 0 Å². The van der Waals surface area contributed by atoms with Gasteiger partial charge in [0.25, 0.3) is 0 Å². The first kappa shape index (κ1) is 71.9. The molecule has 91 heavy (non-hydrogen) atoms. The fourth-order valence-corrected chi connectivity index (χ4v) is 9.76. The topological polar surface area (TPSA) is 472 Å². The largest absolute Gasteiger partial charge is 0.481 e. The highest BCUT2D eigenvalue weighted by Gasteiger charge is 2.35. The van der Waals surface area contributed by atoms with Gasteiger partial charge in [0.05, 0.1) is 12.6 Å². The van der Waals surface area contributed by atoms with Gasteiger partial charge >= 0.3 is 5.97 Å². The van der Waals surface area contributed by atoms with E-state index in [2.05, 4.69) is 75.8 Å². The summed E-state index contributed by atoms with van der Waals surface area (Å²) in [5, 5.41) is 36.2. The van der Waals surface area contributed by atoms with E-state index >= 15 is 0 Å². The smallest absolute Gasteiger partial charge is 0.303 e. The number of hydrogen-bond donors (Lipinski definition) is 17. The highest BCUT2D eigenvalue weighted by molar-refractivity contribution is 7.80. The molecule has 19 N–H and O–H groups in total. The van der Waals surface area contributed by atoms with Crippen LogP contribution in [-0.2, 0) is 81.6 Å². The maximum atomic E-state index is 14.6. The van der Waals surface area contributed by atoms with E-state index < -0.39 is 175 Å². The Balaban J connectivity index is 1.25. The van der Waals surface area contributed by atoms with Crippen molar-refractivity contribution in [2.24, 2.45) is 23.1 Å². The third kappa shape index (κ3) is 22.0. The van der Waals surface area contributed by atoms with Crippen LogP contribution in [0.2, 0.25) is 0 Å². The zero-order valence-corrected chi connectivity index (χ0v) is 51.9. The van der Waals surface area contributed by atoms with E-state index in [1.807, 2.05) is 30.3 Å². The molecular formula is C61H81N15O14S. The molecule has 2 heterocycles. The minimum absolute atomic E-state index is 0.0376. The highest BCUT2D eigenvalue weighted by atomic mass is 32.1. The first-order valence-corrected chi connectivity index (χ1v) is 30.1. The van der Waals surface area contributed by atoms with Crippen molar-refractivity contribution >= 4 is 111 Å². The Hall–Kier alpha value is -9.84. The third-order valence-electron chi connectivity index (χ3n) is 15.0. The van der Waals surface area contributed by atoms with Crippen LogP contribution in [-0.4, -0.2) is 165 Å². The van der Waals surface area contributed by atoms with Gasteiger partial charge in [-0.05, 0) is 68.4 Å². The van der Waals surface area contributed by atoms with E-state index in [0.29, 0.717) is 23.1 Å². The lowest BCUT2D eigenvalue weighted by Crippen LogP contribution is -2.60. The number of nitrogens with one attached hydrogen (secondary N) is 12. The van der Waals surface area contributed by atoms with Crippen molar-refractivity contribution in [2.45, 2.75) is 146 Å². The molecule has 0 radical (unpaired) electrons. The zero-order chi connectivity index (χ0) is 67.1. The van der Waals surface area contributed by atoms with Crippen molar-refractivity contribution in [2.75, 3.05) is 12.3 Å². The van der Waals surface area contributed by atoms with Crippen LogP contribution in [0.1, 0.15) is 83.4 Å². The number of hydrogen-bond acceptors (Lipinski definition) is 15. The van der Waals surface area contributed by atoms with Gasteiger partial charge in [0, 0.05) is 72.1 Å². The number of aromatic nitrogens is 2. The summed E-state index contributed by atoms with van der Waals surface area (Å²) in [6.45, 7) is 6.66. The number of aromatic amines is 2. The number of rotatable bonds is 36. The molecule has 0 aliphatic carbocycles. The molecule has 2 aromatic heterocycles. The molecule has 0 saturated heterocycles. The van der Waals surface area contributed by atoms with E-state index in [4.69, 9.17) is 17.2 Å². The first-order chi connectivity index (χ1) is 43.2. The van der Waals surface area contributed by atoms with Crippen molar-refractivity contribution in [1.82, 2.24) is 63.1 Å². The number of carboxylic acid groups (broad SMARTS) is 1. The Morgan fingerprint density at radius 2 is 0.934 bits per heavy atom. The third-order valence-corrected chi connectivity index (χ3v) is 15.3. The lowest BCUT2D eigenvalue weighted by Gasteiger charge is -2.27. The van der Waals surface area contributed by atoms with Crippen LogP contribution in [0.5, 0.6) is 0 Å². The summed E-state index contributed by atoms with van der Waals surface area (Å²) >= 11 is 4.25. The normalized spacial score (nSPS) is 14.8. The number of carbonyl (C=O) groups excluding carboxylic acids is 12. The molecule has 5 aromatic rings. The molecule has 0 aliphatic heterocycles. The molecule has 3 aromatic carbocycles. The summed E-state index contributed by atoms with van der Waals surface area (Å²) in [6.07, 6.45) is 1.49. The van der Waals surface area contributed by atoms with E-state index in [1.54, 1.807) is 74.8 Å². The Morgan fingerprint density at radius 1 is 0.495 bits per heavy atom. The SMILES string of the molecule is CC[C@H](C)[C@H](NC(=O)CNC(=O)[C@H](C)NC(=O)[C@H](Cc1c[nH]c2ccccc12)NC(=O)[C@H](Cc1c[nH]c2ccccc12)NC(=O)[C@H](CS)NC(=O)[C@H](C)N)C(=O)N[C@@H](C)C(=O)N[C@@H](CCC(N)=O)C(=O)N[C@@H](CCC(=O)O)C(=O)N[C@@H](Cc1ccccc1)C(N)=O. The van der Waals surface area contributed by atoms with Gasteiger partial charge in [-0.25, -0.2) is 0 Å². The van der Waals surface area contributed by atoms with E-state index in [1.165, 1.54) is 20.8 Å². The summed E-state index contributed by atoms with van der Waals surface area (Å²) in [7, 11) is 0. The Bertz CT molecular complexity index is 3430. The average molecular weight is 1280 g/mol. The molecule has 12 amide bonds. The number of para-hydroxylation sites is 2. The van der Waals surface area contributed by atoms with Crippen LogP contribution < -0.4 is 70.4 Å². The maximum absolute atomic E-state index is 14.6. The fourth-order valence-electron chi connectivity index (χ4n) is 9.50. The molecule has 30 heteroatoms. The number of carbonyl (C=O) groups is 13. The van der Waals surface area contributed by atoms with Crippen LogP contribution in [0.15, 0.2) is 91.3 Å². The maximum Gasteiger partial charge on any atom is 0.303 e. The molecule has 0 spiro atoms. The van der Waals surface area contributed by atoms with Crippen molar-refractivity contribution in [3.05, 3.63) is 108 Å². The summed E-state index contributed by atoms with van der Waals surface area (Å²) in [6, 6.07) is 9.56. The monoisotopic (exact) mass is 1280 g/mol. The quantitative estimate of drug-likeness (QED) is 0.0196. The Labute approximate surface area is 529 Å². The predicted molar refractivity (Wildman–Crippen MR) is 337 cm³/mol. The Morgan fingerprint density at radius 3 is 1.44 bits per heavy atom. The molecule has 0 saturated carbocycles. The van der Waals surface area contributed by atoms with Crippen LogP contribution in [0, 0.1) is 5.92 Å². The lowest BCUT2D eigenvalue weighted by molar-refractivity contribution is -0.138. The van der Waals surface area contributed by atoms with Gasteiger partial charge in [-0.2, -0.15) is 12.6 Å². The number of nitrogens with two attached hydrogens (primary N) is 3. The van der Waals surface area contributed by atoms with Crippen LogP contribution in [0.25, 0.3) is 21.8 Å². The van der Waals surface area contributed by atoms with E-state index in [9.17, 15) is 67.4 Å². The number of amides is 12. The zero-order valence-electron chi connectivity index (χ0n) is 51.0. The van der Waals surface area contributed by atoms with Gasteiger partial charge in [-0.15, -0.1) is 0 Å². The van der Waals surface area contributed by atoms with E-state index in [0.717, 1.165) is 21.8 Å². The number of aliphatic carboxylic acids is 1. The number of primary amides is 2. The second-order valence-corrected chi connectivity index (χ2v) is 22.5. The minimum Gasteiger partial charge on any atom is -0.481 e. The molecular weight excluding hydrogens is 1200 g/mol. The molecule has 490 valence electrons. The second-order valence-electron chi connectivity index (χ2n) is 22.1. The molecule has 0 aliphatic rings. The molecule has 0 fully saturated rings. The number of benzene rings is 3. The van der Waals surface area contributed by atoms with E-state index in [-0.39, 0.29) is 25.0 Å². The van der Waals surface area contributed by atoms with Crippen LogP contribution in [0.3, 0.4) is 0 Å². The highest BCUT2D eigenvalue weighted by Crippen LogP contribution is 2.22. The number of thiol groups is 1. The molecule has 0 bridgehead atoms. The van der Waals surface area contributed by atoms with Crippen molar-refractivity contribution < 1.29 is 67.4 Å². The molecule has 29 nitrogen and oxygen atoms in total. The summed E-state index contributed by atoms with van der Waals surface area (Å²) < 4.78 is 0. The standard InChI is InChI=1S/C61H81N15O14S/c1-6-31(2)51(61(90)69-34(5)55(84)70-42(20-22-48(63)77)56(85)71-43(21-23-50(79)80)57(86)72-44(52(64)81)24-35-14-8-7-9-15-35)76-49(78)29-67-54(83)33(4)68-58(87)45(25-36-27-65-40-18-12-10-16-38(36)40)73-59(88)46(26-37-28-66-41-19-13-11-17-39(37)41)74-60(89)47(30-91)75-53(82)32(3)62/h7-19,27-28,31-34,42-47,51,65-66,91H,6,20-26,29-30,62H2,1-5H3,(H2,63,77)(H2,64,81)(H,67,83)(H,68,87)(H,69,90)(H,70,84)(H,71,85)(H,72,86)(H,73,88)(H,74,89)(H,75,82)(H,76,78)(H,79,80)/t31-,32-,33-,34-,42-,43-,44-,45-,46-,47-,51-/m0/s1. The van der Waals surface area contributed by atoms with Gasteiger partial charge in [-0.3, -0.25) is 62.3 Å². The van der Waals surface area contributed by atoms with Gasteiger partial charge in [0.15, 0.2) is 0 Å². The van der Waals surface area contributed by atoms with Crippen molar-refractivity contribution in [3.8, 4) is 0 Å². The van der Waals surface area contributed by atoms with Gasteiger partial charge < -0.3 is 85.4 Å². The predicted octanol–water partition coefficient (Wildman–Crippen LogP) is -1.87. The minimum atomic E-state index is -1.59.